The van der Waals surface area contributed by atoms with E-state index in [0.717, 1.165) is 17.8 Å². The van der Waals surface area contributed by atoms with Gasteiger partial charge in [-0.25, -0.2) is 8.78 Å². The molecule has 0 saturated heterocycles. The van der Waals surface area contributed by atoms with Gasteiger partial charge in [-0.15, -0.1) is 0 Å². The Balaban J connectivity index is 1.91. The molecule has 0 saturated carbocycles. The number of aryl methyl sites for hydroxylation is 1. The molecule has 0 atom stereocenters. The molecule has 0 bridgehead atoms. The molecule has 0 unspecified atom stereocenters. The number of halogens is 2. The predicted octanol–water partition coefficient (Wildman–Crippen LogP) is 2.86. The van der Waals surface area contributed by atoms with Gasteiger partial charge in [0.25, 0.3) is 0 Å². The highest BCUT2D eigenvalue weighted by atomic mass is 19.1. The van der Waals surface area contributed by atoms with E-state index in [4.69, 9.17) is 0 Å². The summed E-state index contributed by atoms with van der Waals surface area (Å²) in [6.45, 7) is 0. The number of hydrogen-bond donors (Lipinski definition) is 2. The molecule has 1 heterocycles. The van der Waals surface area contributed by atoms with Crippen molar-refractivity contribution < 1.29 is 13.6 Å². The highest BCUT2D eigenvalue weighted by molar-refractivity contribution is 5.90. The van der Waals surface area contributed by atoms with Crippen LogP contribution < -0.4 is 5.32 Å². The van der Waals surface area contributed by atoms with Gasteiger partial charge >= 0.3 is 0 Å². The van der Waals surface area contributed by atoms with E-state index in [1.807, 2.05) is 12.1 Å². The first-order valence-corrected chi connectivity index (χ1v) is 5.52. The third-order valence-electron chi connectivity index (χ3n) is 2.49. The molecular formula is C13H12F2N2O. The van der Waals surface area contributed by atoms with Gasteiger partial charge in [-0.2, -0.15) is 0 Å². The number of H-pyrrole nitrogens is 1. The summed E-state index contributed by atoms with van der Waals surface area (Å²) in [4.78, 5) is 14.5. The lowest BCUT2D eigenvalue weighted by molar-refractivity contribution is -0.116. The second-order valence-electron chi connectivity index (χ2n) is 3.87. The molecule has 0 aliphatic rings. The maximum Gasteiger partial charge on any atom is 0.224 e. The highest BCUT2D eigenvalue weighted by Gasteiger charge is 2.08. The molecule has 0 aliphatic heterocycles. The molecule has 1 amide bonds. The quantitative estimate of drug-likeness (QED) is 0.861. The first kappa shape index (κ1) is 12.3. The van der Waals surface area contributed by atoms with Gasteiger partial charge in [-0.3, -0.25) is 4.79 Å². The Hall–Kier alpha value is -2.17. The van der Waals surface area contributed by atoms with Crippen molar-refractivity contribution in [2.45, 2.75) is 12.8 Å². The van der Waals surface area contributed by atoms with Crippen LogP contribution in [0.25, 0.3) is 0 Å². The summed E-state index contributed by atoms with van der Waals surface area (Å²) in [5.74, 6) is -1.75. The number of anilines is 1. The molecule has 2 N–H and O–H groups in total. The zero-order chi connectivity index (χ0) is 13.0. The molecule has 0 spiro atoms. The van der Waals surface area contributed by atoms with Gasteiger partial charge in [0.2, 0.25) is 5.91 Å². The third-order valence-corrected chi connectivity index (χ3v) is 2.49. The second-order valence-corrected chi connectivity index (χ2v) is 3.87. The van der Waals surface area contributed by atoms with Crippen LogP contribution in [0, 0.1) is 11.6 Å². The van der Waals surface area contributed by atoms with E-state index < -0.39 is 11.6 Å². The summed E-state index contributed by atoms with van der Waals surface area (Å²) in [5.41, 5.74) is 0.928. The van der Waals surface area contributed by atoms with Crippen molar-refractivity contribution in [1.82, 2.24) is 4.98 Å². The third kappa shape index (κ3) is 3.16. The number of hydrogen-bond acceptors (Lipinski definition) is 1. The Kier molecular flexibility index (Phi) is 3.72. The van der Waals surface area contributed by atoms with E-state index in [9.17, 15) is 13.6 Å². The minimum atomic E-state index is -0.775. The number of carbonyl (C=O) groups is 1. The van der Waals surface area contributed by atoms with Crippen LogP contribution in [0.15, 0.2) is 36.5 Å². The summed E-state index contributed by atoms with van der Waals surface area (Å²) in [6, 6.07) is 6.75. The van der Waals surface area contributed by atoms with Crippen molar-refractivity contribution in [3.63, 3.8) is 0 Å². The Morgan fingerprint density at radius 3 is 2.78 bits per heavy atom. The van der Waals surface area contributed by atoms with Crippen molar-refractivity contribution in [3.8, 4) is 0 Å². The maximum atomic E-state index is 13.3. The van der Waals surface area contributed by atoms with Crippen LogP contribution in [0.4, 0.5) is 14.5 Å². The Labute approximate surface area is 103 Å². The highest BCUT2D eigenvalue weighted by Crippen LogP contribution is 2.15. The fraction of sp³-hybridized carbons (Fsp3) is 0.154. The van der Waals surface area contributed by atoms with Crippen molar-refractivity contribution in [2.75, 3.05) is 5.32 Å². The molecule has 18 heavy (non-hydrogen) atoms. The first-order valence-electron chi connectivity index (χ1n) is 5.52. The number of amides is 1. The van der Waals surface area contributed by atoms with E-state index in [-0.39, 0.29) is 18.0 Å². The lowest BCUT2D eigenvalue weighted by Crippen LogP contribution is -2.13. The molecule has 0 radical (unpaired) electrons. The van der Waals surface area contributed by atoms with Crippen LogP contribution in [0.1, 0.15) is 12.1 Å². The molecular weight excluding hydrogens is 238 g/mol. The monoisotopic (exact) mass is 250 g/mol. The molecule has 2 rings (SSSR count). The molecule has 1 aromatic heterocycles. The number of aromatic nitrogens is 1. The molecule has 0 aliphatic carbocycles. The van der Waals surface area contributed by atoms with Crippen molar-refractivity contribution in [3.05, 3.63) is 53.9 Å². The number of rotatable bonds is 4. The fourth-order valence-corrected chi connectivity index (χ4v) is 1.57. The van der Waals surface area contributed by atoms with Crippen LogP contribution in [-0.2, 0) is 11.2 Å². The predicted molar refractivity (Wildman–Crippen MR) is 64.1 cm³/mol. The number of carbonyl (C=O) groups excluding carboxylic acids is 1. The van der Waals surface area contributed by atoms with Gasteiger partial charge in [-0.1, -0.05) is 0 Å². The van der Waals surface area contributed by atoms with Crippen LogP contribution in [0.2, 0.25) is 0 Å². The SMILES string of the molecule is O=C(CCc1ccc[nH]1)Nc1ccc(F)cc1F. The number of nitrogens with one attached hydrogen (secondary N) is 2. The largest absolute Gasteiger partial charge is 0.365 e. The van der Waals surface area contributed by atoms with Crippen LogP contribution in [-0.4, -0.2) is 10.9 Å². The summed E-state index contributed by atoms with van der Waals surface area (Å²) >= 11 is 0. The van der Waals surface area contributed by atoms with Gasteiger partial charge in [0.1, 0.15) is 11.6 Å². The summed E-state index contributed by atoms with van der Waals surface area (Å²) in [7, 11) is 0. The second kappa shape index (κ2) is 5.44. The average molecular weight is 250 g/mol. The number of aromatic amines is 1. The van der Waals surface area contributed by atoms with E-state index in [1.165, 1.54) is 6.07 Å². The molecule has 3 nitrogen and oxygen atoms in total. The minimum absolute atomic E-state index is 0.00659. The first-order chi connectivity index (χ1) is 8.65. The van der Waals surface area contributed by atoms with Gasteiger partial charge in [0.15, 0.2) is 0 Å². The van der Waals surface area contributed by atoms with Crippen molar-refractivity contribution in [1.29, 1.82) is 0 Å². The van der Waals surface area contributed by atoms with Gasteiger partial charge in [0, 0.05) is 24.4 Å². The zero-order valence-electron chi connectivity index (χ0n) is 9.54. The van der Waals surface area contributed by atoms with Crippen LogP contribution in [0.3, 0.4) is 0 Å². The lowest BCUT2D eigenvalue weighted by Gasteiger charge is -2.05. The van der Waals surface area contributed by atoms with E-state index in [2.05, 4.69) is 10.3 Å². The van der Waals surface area contributed by atoms with Gasteiger partial charge in [0.05, 0.1) is 5.69 Å². The number of benzene rings is 1. The average Bonchev–Trinajstić information content (AvgIpc) is 2.83. The molecule has 1 aromatic carbocycles. The molecule has 94 valence electrons. The van der Waals surface area contributed by atoms with E-state index >= 15 is 0 Å². The zero-order valence-corrected chi connectivity index (χ0v) is 9.54. The minimum Gasteiger partial charge on any atom is -0.365 e. The normalized spacial score (nSPS) is 10.3. The fourth-order valence-electron chi connectivity index (χ4n) is 1.57. The van der Waals surface area contributed by atoms with Crippen molar-refractivity contribution in [2.24, 2.45) is 0 Å². The van der Waals surface area contributed by atoms with E-state index in [1.54, 1.807) is 6.20 Å². The van der Waals surface area contributed by atoms with Crippen LogP contribution >= 0.6 is 0 Å². The smallest absolute Gasteiger partial charge is 0.224 e. The standard InChI is InChI=1S/C13H12F2N2O/c14-9-3-5-12(11(15)8-9)17-13(18)6-4-10-2-1-7-16-10/h1-3,5,7-8,16H,4,6H2,(H,17,18). The van der Waals surface area contributed by atoms with Gasteiger partial charge in [-0.05, 0) is 30.7 Å². The summed E-state index contributed by atoms with van der Waals surface area (Å²) in [5, 5.41) is 2.41. The van der Waals surface area contributed by atoms with Crippen molar-refractivity contribution >= 4 is 11.6 Å². The molecule has 0 fully saturated rings. The Bertz CT molecular complexity index is 538. The van der Waals surface area contributed by atoms with Gasteiger partial charge < -0.3 is 10.3 Å². The lowest BCUT2D eigenvalue weighted by atomic mass is 10.2. The van der Waals surface area contributed by atoms with E-state index in [0.29, 0.717) is 6.42 Å². The topological polar surface area (TPSA) is 44.9 Å². The Morgan fingerprint density at radius 2 is 2.11 bits per heavy atom. The van der Waals surface area contributed by atoms with Crippen LogP contribution in [0.5, 0.6) is 0 Å². The maximum absolute atomic E-state index is 13.3. The Morgan fingerprint density at radius 1 is 1.28 bits per heavy atom. The molecule has 2 aromatic rings. The summed E-state index contributed by atoms with van der Waals surface area (Å²) < 4.78 is 25.9. The molecule has 5 heteroatoms. The summed E-state index contributed by atoms with van der Waals surface area (Å²) in [6.07, 6.45) is 2.55.